The molecule has 2 heterocycles. The smallest absolute Gasteiger partial charge is 0.237 e. The maximum atomic E-state index is 12.4. The van der Waals surface area contributed by atoms with E-state index >= 15 is 0 Å². The van der Waals surface area contributed by atoms with Gasteiger partial charge in [0.15, 0.2) is 0 Å². The molecule has 2 aliphatic rings. The van der Waals surface area contributed by atoms with Crippen LogP contribution in [-0.4, -0.2) is 61.5 Å². The Morgan fingerprint density at radius 1 is 1.16 bits per heavy atom. The van der Waals surface area contributed by atoms with Gasteiger partial charge in [0.1, 0.15) is 0 Å². The Morgan fingerprint density at radius 3 is 2.56 bits per heavy atom. The maximum Gasteiger partial charge on any atom is 0.237 e. The first-order chi connectivity index (χ1) is 12.0. The van der Waals surface area contributed by atoms with E-state index in [9.17, 15) is 13.2 Å². The van der Waals surface area contributed by atoms with E-state index in [2.05, 4.69) is 22.3 Å². The number of carbonyl (C=O) groups excluding carboxylic acids is 1. The first kappa shape index (κ1) is 18.4. The predicted octanol–water partition coefficient (Wildman–Crippen LogP) is 0.975. The van der Waals surface area contributed by atoms with Gasteiger partial charge in [-0.2, -0.15) is 0 Å². The molecule has 1 atom stereocenters. The van der Waals surface area contributed by atoms with E-state index < -0.39 is 10.0 Å². The highest BCUT2D eigenvalue weighted by Gasteiger charge is 2.27. The predicted molar refractivity (Wildman–Crippen MR) is 97.6 cm³/mol. The summed E-state index contributed by atoms with van der Waals surface area (Å²) in [6.07, 6.45) is 2.80. The number of nitrogens with zero attached hydrogens (tertiary/aromatic N) is 2. The van der Waals surface area contributed by atoms with E-state index in [1.807, 2.05) is 19.1 Å². The van der Waals surface area contributed by atoms with Crippen LogP contribution in [0.4, 0.5) is 0 Å². The van der Waals surface area contributed by atoms with E-state index in [-0.39, 0.29) is 24.2 Å². The van der Waals surface area contributed by atoms with E-state index in [0.29, 0.717) is 13.1 Å². The third kappa shape index (κ3) is 4.40. The number of rotatable bonds is 6. The summed E-state index contributed by atoms with van der Waals surface area (Å²) in [6.45, 7) is 4.89. The Bertz CT molecular complexity index is 714. The van der Waals surface area contributed by atoms with Gasteiger partial charge in [0.05, 0.1) is 11.8 Å². The average molecular weight is 365 g/mol. The molecule has 25 heavy (non-hydrogen) atoms. The monoisotopic (exact) mass is 365 g/mol. The Morgan fingerprint density at radius 2 is 1.84 bits per heavy atom. The summed E-state index contributed by atoms with van der Waals surface area (Å²) in [6, 6.07) is 8.06. The number of amides is 1. The first-order valence-electron chi connectivity index (χ1n) is 9.04. The molecule has 0 unspecified atom stereocenters. The van der Waals surface area contributed by atoms with Crippen LogP contribution in [-0.2, 0) is 27.8 Å². The van der Waals surface area contributed by atoms with Crippen LogP contribution in [0.2, 0.25) is 0 Å². The average Bonchev–Trinajstić information content (AvgIpc) is 3.16. The Kier molecular flexibility index (Phi) is 5.76. The lowest BCUT2D eigenvalue weighted by Crippen LogP contribution is -2.48. The van der Waals surface area contributed by atoms with Gasteiger partial charge in [-0.3, -0.25) is 9.69 Å². The highest BCUT2D eigenvalue weighted by Crippen LogP contribution is 2.20. The van der Waals surface area contributed by atoms with Gasteiger partial charge in [-0.25, -0.2) is 12.7 Å². The van der Waals surface area contributed by atoms with E-state index in [0.717, 1.165) is 32.4 Å². The van der Waals surface area contributed by atoms with Crippen LogP contribution in [0.5, 0.6) is 0 Å². The second-order valence-corrected chi connectivity index (χ2v) is 8.97. The van der Waals surface area contributed by atoms with Gasteiger partial charge in [0, 0.05) is 32.7 Å². The molecule has 0 bridgehead atoms. The van der Waals surface area contributed by atoms with E-state index in [1.54, 1.807) is 0 Å². The third-order valence-corrected chi connectivity index (χ3v) is 7.08. The van der Waals surface area contributed by atoms with Crippen molar-refractivity contribution in [1.29, 1.82) is 0 Å². The summed E-state index contributed by atoms with van der Waals surface area (Å²) in [4.78, 5) is 14.5. The minimum Gasteiger partial charge on any atom is -0.354 e. The van der Waals surface area contributed by atoms with Gasteiger partial charge >= 0.3 is 0 Å². The second-order valence-electron chi connectivity index (χ2n) is 6.88. The Balaban J connectivity index is 1.48. The van der Waals surface area contributed by atoms with E-state index in [1.165, 1.54) is 15.4 Å². The van der Waals surface area contributed by atoms with Gasteiger partial charge in [-0.1, -0.05) is 24.3 Å². The number of sulfonamides is 1. The minimum absolute atomic E-state index is 0.0196. The van der Waals surface area contributed by atoms with E-state index in [4.69, 9.17) is 0 Å². The summed E-state index contributed by atoms with van der Waals surface area (Å²) < 4.78 is 25.9. The van der Waals surface area contributed by atoms with Crippen molar-refractivity contribution < 1.29 is 13.2 Å². The SMILES string of the molecule is C[C@@H](C(=O)NCCS(=O)(=O)N1CCCC1)N1CCc2ccccc2C1. The van der Waals surface area contributed by atoms with Crippen LogP contribution in [0.1, 0.15) is 30.9 Å². The molecule has 1 amide bonds. The number of benzene rings is 1. The summed E-state index contributed by atoms with van der Waals surface area (Å²) >= 11 is 0. The minimum atomic E-state index is -3.24. The zero-order chi connectivity index (χ0) is 17.9. The normalized spacial score (nSPS) is 20.2. The number of nitrogens with one attached hydrogen (secondary N) is 1. The fourth-order valence-electron chi connectivity index (χ4n) is 3.56. The highest BCUT2D eigenvalue weighted by atomic mass is 32.2. The summed E-state index contributed by atoms with van der Waals surface area (Å²) in [7, 11) is -3.24. The number of carbonyl (C=O) groups is 1. The first-order valence-corrected chi connectivity index (χ1v) is 10.6. The highest BCUT2D eigenvalue weighted by molar-refractivity contribution is 7.89. The van der Waals surface area contributed by atoms with Crippen molar-refractivity contribution in [2.75, 3.05) is 31.9 Å². The summed E-state index contributed by atoms with van der Waals surface area (Å²) in [5.74, 6) is -0.120. The van der Waals surface area contributed by atoms with Crippen LogP contribution in [0, 0.1) is 0 Å². The molecule has 0 saturated carbocycles. The Hall–Kier alpha value is -1.44. The molecule has 3 rings (SSSR count). The topological polar surface area (TPSA) is 69.7 Å². The van der Waals surface area contributed by atoms with Crippen LogP contribution in [0.15, 0.2) is 24.3 Å². The van der Waals surface area contributed by atoms with Crippen molar-refractivity contribution in [1.82, 2.24) is 14.5 Å². The second kappa shape index (κ2) is 7.85. The molecule has 1 saturated heterocycles. The van der Waals surface area contributed by atoms with Crippen molar-refractivity contribution >= 4 is 15.9 Å². The zero-order valence-corrected chi connectivity index (χ0v) is 15.6. The Labute approximate surface area is 150 Å². The van der Waals surface area contributed by atoms with Crippen LogP contribution in [0.3, 0.4) is 0 Å². The fourth-order valence-corrected chi connectivity index (χ4v) is 4.99. The van der Waals surface area contributed by atoms with Crippen LogP contribution >= 0.6 is 0 Å². The molecule has 1 aromatic carbocycles. The summed E-state index contributed by atoms with van der Waals surface area (Å²) in [5.41, 5.74) is 2.62. The van der Waals surface area contributed by atoms with Crippen molar-refractivity contribution in [3.05, 3.63) is 35.4 Å². The lowest BCUT2D eigenvalue weighted by Gasteiger charge is -2.32. The molecule has 1 aromatic rings. The summed E-state index contributed by atoms with van der Waals surface area (Å²) in [5, 5.41) is 2.80. The quantitative estimate of drug-likeness (QED) is 0.816. The number of fused-ring (bicyclic) bond motifs is 1. The van der Waals surface area contributed by atoms with Gasteiger partial charge in [-0.15, -0.1) is 0 Å². The fraction of sp³-hybridized carbons (Fsp3) is 0.611. The molecular weight excluding hydrogens is 338 g/mol. The van der Waals surface area contributed by atoms with Crippen LogP contribution in [0.25, 0.3) is 0 Å². The lowest BCUT2D eigenvalue weighted by molar-refractivity contribution is -0.126. The van der Waals surface area contributed by atoms with Gasteiger partial charge in [0.2, 0.25) is 15.9 Å². The number of hydrogen-bond acceptors (Lipinski definition) is 4. The molecule has 138 valence electrons. The molecule has 0 spiro atoms. The van der Waals surface area contributed by atoms with Crippen molar-refractivity contribution in [2.45, 2.75) is 38.8 Å². The molecule has 6 nitrogen and oxygen atoms in total. The van der Waals surface area contributed by atoms with Crippen molar-refractivity contribution in [2.24, 2.45) is 0 Å². The molecule has 0 aromatic heterocycles. The van der Waals surface area contributed by atoms with Gasteiger partial charge in [-0.05, 0) is 37.3 Å². The third-order valence-electron chi connectivity index (χ3n) is 5.21. The lowest BCUT2D eigenvalue weighted by atomic mass is 9.99. The molecule has 1 N–H and O–H groups in total. The standard InChI is InChI=1S/C18H27N3O3S/c1-15(20-12-8-16-6-2-3-7-17(16)14-20)18(22)19-9-13-25(23,24)21-10-4-5-11-21/h2-3,6-7,15H,4-5,8-14H2,1H3,(H,19,22)/t15-/m0/s1. The van der Waals surface area contributed by atoms with Crippen LogP contribution < -0.4 is 5.32 Å². The molecular formula is C18H27N3O3S. The maximum absolute atomic E-state index is 12.4. The largest absolute Gasteiger partial charge is 0.354 e. The van der Waals surface area contributed by atoms with Gasteiger partial charge < -0.3 is 5.32 Å². The molecule has 0 aliphatic carbocycles. The molecule has 0 radical (unpaired) electrons. The molecule has 2 aliphatic heterocycles. The van der Waals surface area contributed by atoms with Crippen molar-refractivity contribution in [3.63, 3.8) is 0 Å². The molecule has 1 fully saturated rings. The van der Waals surface area contributed by atoms with Crippen molar-refractivity contribution in [3.8, 4) is 0 Å². The molecule has 7 heteroatoms. The zero-order valence-electron chi connectivity index (χ0n) is 14.8. The number of hydrogen-bond donors (Lipinski definition) is 1. The van der Waals surface area contributed by atoms with Gasteiger partial charge in [0.25, 0.3) is 0 Å².